The number of aryl methyl sites for hydroxylation is 1. The Labute approximate surface area is 95.7 Å². The molecule has 0 aliphatic carbocycles. The second-order valence-electron chi connectivity index (χ2n) is 3.60. The summed E-state index contributed by atoms with van der Waals surface area (Å²) in [5.74, 6) is -0.0178. The summed E-state index contributed by atoms with van der Waals surface area (Å²) in [5.41, 5.74) is 1.65. The van der Waals surface area contributed by atoms with Gasteiger partial charge in [-0.05, 0) is 19.9 Å². The molecule has 0 aromatic carbocycles. The van der Waals surface area contributed by atoms with Crippen LogP contribution >= 0.6 is 0 Å². The topological polar surface area (TPSA) is 66.9 Å². The minimum atomic E-state index is -0.0178. The molecule has 0 bridgehead atoms. The molecule has 1 heterocycles. The van der Waals surface area contributed by atoms with E-state index in [0.29, 0.717) is 13.1 Å². The van der Waals surface area contributed by atoms with Crippen molar-refractivity contribution in [2.24, 2.45) is 0 Å². The van der Waals surface area contributed by atoms with Crippen LogP contribution in [-0.4, -0.2) is 29.0 Å². The molecule has 1 rings (SSSR count). The summed E-state index contributed by atoms with van der Waals surface area (Å²) in [7, 11) is 0. The second kappa shape index (κ2) is 6.90. The molecule has 88 valence electrons. The number of aromatic nitrogens is 2. The summed E-state index contributed by atoms with van der Waals surface area (Å²) in [4.78, 5) is 19.6. The molecule has 1 aromatic rings. The number of hydrogen-bond acceptors (Lipinski definition) is 4. The van der Waals surface area contributed by atoms with Crippen LogP contribution in [0.1, 0.15) is 24.7 Å². The summed E-state index contributed by atoms with van der Waals surface area (Å²) in [6, 6.07) is 0. The SMILES string of the molecule is CCCNCC(=O)NCc1cnc(C)cn1. The summed E-state index contributed by atoms with van der Waals surface area (Å²) in [6.07, 6.45) is 4.39. The van der Waals surface area contributed by atoms with Gasteiger partial charge < -0.3 is 10.6 Å². The van der Waals surface area contributed by atoms with Crippen molar-refractivity contribution < 1.29 is 4.79 Å². The highest BCUT2D eigenvalue weighted by molar-refractivity contribution is 5.77. The zero-order chi connectivity index (χ0) is 11.8. The number of amides is 1. The Morgan fingerprint density at radius 3 is 2.81 bits per heavy atom. The fraction of sp³-hybridized carbons (Fsp3) is 0.545. The zero-order valence-corrected chi connectivity index (χ0v) is 9.79. The van der Waals surface area contributed by atoms with E-state index < -0.39 is 0 Å². The van der Waals surface area contributed by atoms with E-state index in [1.807, 2.05) is 6.92 Å². The van der Waals surface area contributed by atoms with Crippen LogP contribution in [0.2, 0.25) is 0 Å². The Balaban J connectivity index is 2.23. The third kappa shape index (κ3) is 4.84. The van der Waals surface area contributed by atoms with Gasteiger partial charge in [0.05, 0.1) is 30.7 Å². The minimum Gasteiger partial charge on any atom is -0.349 e. The van der Waals surface area contributed by atoms with Crippen molar-refractivity contribution in [3.8, 4) is 0 Å². The maximum atomic E-state index is 11.3. The van der Waals surface area contributed by atoms with Crippen LogP contribution in [0.4, 0.5) is 0 Å². The van der Waals surface area contributed by atoms with E-state index in [4.69, 9.17) is 0 Å². The predicted molar refractivity (Wildman–Crippen MR) is 61.8 cm³/mol. The smallest absolute Gasteiger partial charge is 0.234 e. The van der Waals surface area contributed by atoms with Gasteiger partial charge in [0, 0.05) is 6.20 Å². The lowest BCUT2D eigenvalue weighted by molar-refractivity contribution is -0.120. The Morgan fingerprint density at radius 2 is 2.19 bits per heavy atom. The van der Waals surface area contributed by atoms with Gasteiger partial charge in [-0.1, -0.05) is 6.92 Å². The number of nitrogens with zero attached hydrogens (tertiary/aromatic N) is 2. The molecule has 0 atom stereocenters. The highest BCUT2D eigenvalue weighted by Crippen LogP contribution is 1.92. The van der Waals surface area contributed by atoms with Gasteiger partial charge in [-0.2, -0.15) is 0 Å². The maximum absolute atomic E-state index is 11.3. The number of nitrogens with one attached hydrogen (secondary N) is 2. The van der Waals surface area contributed by atoms with Crippen LogP contribution < -0.4 is 10.6 Å². The molecule has 0 saturated heterocycles. The van der Waals surface area contributed by atoms with Crippen molar-refractivity contribution in [1.82, 2.24) is 20.6 Å². The van der Waals surface area contributed by atoms with Crippen molar-refractivity contribution in [3.63, 3.8) is 0 Å². The number of hydrogen-bond donors (Lipinski definition) is 2. The van der Waals surface area contributed by atoms with Crippen LogP contribution in [0.3, 0.4) is 0 Å². The number of carbonyl (C=O) groups is 1. The molecule has 0 saturated carbocycles. The van der Waals surface area contributed by atoms with Crippen LogP contribution in [-0.2, 0) is 11.3 Å². The first kappa shape index (κ1) is 12.6. The standard InChI is InChI=1S/C11H18N4O/c1-3-4-12-8-11(16)15-7-10-6-13-9(2)5-14-10/h5-6,12H,3-4,7-8H2,1-2H3,(H,15,16). The monoisotopic (exact) mass is 222 g/mol. The van der Waals surface area contributed by atoms with E-state index in [9.17, 15) is 4.79 Å². The molecule has 0 fully saturated rings. The molecule has 0 aliphatic heterocycles. The van der Waals surface area contributed by atoms with Gasteiger partial charge in [0.15, 0.2) is 0 Å². The lowest BCUT2D eigenvalue weighted by Crippen LogP contribution is -2.33. The molecule has 0 unspecified atom stereocenters. The van der Waals surface area contributed by atoms with Gasteiger partial charge in [0.1, 0.15) is 0 Å². The van der Waals surface area contributed by atoms with Gasteiger partial charge in [0.2, 0.25) is 5.91 Å². The minimum absolute atomic E-state index is 0.0178. The van der Waals surface area contributed by atoms with Gasteiger partial charge in [-0.25, -0.2) is 0 Å². The van der Waals surface area contributed by atoms with Crippen molar-refractivity contribution in [1.29, 1.82) is 0 Å². The Kier molecular flexibility index (Phi) is 5.42. The van der Waals surface area contributed by atoms with Crippen molar-refractivity contribution in [2.75, 3.05) is 13.1 Å². The Hall–Kier alpha value is -1.49. The van der Waals surface area contributed by atoms with Gasteiger partial charge >= 0.3 is 0 Å². The number of carbonyl (C=O) groups excluding carboxylic acids is 1. The third-order valence-corrected chi connectivity index (χ3v) is 2.01. The molecule has 5 heteroatoms. The predicted octanol–water partition coefficient (Wildman–Crippen LogP) is 0.401. The summed E-state index contributed by atoms with van der Waals surface area (Å²) < 4.78 is 0. The molecule has 1 aromatic heterocycles. The van der Waals surface area contributed by atoms with E-state index in [2.05, 4.69) is 27.5 Å². The van der Waals surface area contributed by atoms with Crippen molar-refractivity contribution >= 4 is 5.91 Å². The highest BCUT2D eigenvalue weighted by Gasteiger charge is 2.00. The fourth-order valence-corrected chi connectivity index (χ4v) is 1.14. The Bertz CT molecular complexity index is 323. The van der Waals surface area contributed by atoms with Crippen LogP contribution in [0.25, 0.3) is 0 Å². The molecular weight excluding hydrogens is 204 g/mol. The maximum Gasteiger partial charge on any atom is 0.234 e. The number of rotatable bonds is 6. The average Bonchev–Trinajstić information content (AvgIpc) is 2.29. The molecule has 1 amide bonds. The summed E-state index contributed by atoms with van der Waals surface area (Å²) in [5, 5.41) is 5.81. The first-order valence-electron chi connectivity index (χ1n) is 5.47. The van der Waals surface area contributed by atoms with Crippen LogP contribution in [0, 0.1) is 6.92 Å². The van der Waals surface area contributed by atoms with Crippen molar-refractivity contribution in [2.45, 2.75) is 26.8 Å². The molecule has 5 nitrogen and oxygen atoms in total. The molecule has 0 spiro atoms. The summed E-state index contributed by atoms with van der Waals surface area (Å²) in [6.45, 7) is 5.58. The average molecular weight is 222 g/mol. The van der Waals surface area contributed by atoms with Crippen LogP contribution in [0.5, 0.6) is 0 Å². The quantitative estimate of drug-likeness (QED) is 0.684. The lowest BCUT2D eigenvalue weighted by Gasteiger charge is -2.05. The van der Waals surface area contributed by atoms with Gasteiger partial charge in [-0.3, -0.25) is 14.8 Å². The van der Waals surface area contributed by atoms with E-state index in [-0.39, 0.29) is 5.91 Å². The van der Waals surface area contributed by atoms with E-state index >= 15 is 0 Å². The highest BCUT2D eigenvalue weighted by atomic mass is 16.1. The molecule has 16 heavy (non-hydrogen) atoms. The lowest BCUT2D eigenvalue weighted by atomic mass is 10.4. The third-order valence-electron chi connectivity index (χ3n) is 2.01. The largest absolute Gasteiger partial charge is 0.349 e. The zero-order valence-electron chi connectivity index (χ0n) is 9.79. The molecule has 0 radical (unpaired) electrons. The molecule has 0 aliphatic rings. The van der Waals surface area contributed by atoms with Crippen molar-refractivity contribution in [3.05, 3.63) is 23.8 Å². The van der Waals surface area contributed by atoms with Gasteiger partial charge in [0.25, 0.3) is 0 Å². The van der Waals surface area contributed by atoms with E-state index in [0.717, 1.165) is 24.4 Å². The van der Waals surface area contributed by atoms with E-state index in [1.54, 1.807) is 12.4 Å². The fourth-order valence-electron chi connectivity index (χ4n) is 1.14. The molecular formula is C11H18N4O. The van der Waals surface area contributed by atoms with Crippen LogP contribution in [0.15, 0.2) is 12.4 Å². The first-order chi connectivity index (χ1) is 7.72. The summed E-state index contributed by atoms with van der Waals surface area (Å²) >= 11 is 0. The first-order valence-corrected chi connectivity index (χ1v) is 5.47. The second-order valence-corrected chi connectivity index (χ2v) is 3.60. The van der Waals surface area contributed by atoms with E-state index in [1.165, 1.54) is 0 Å². The normalized spacial score (nSPS) is 10.1. The Morgan fingerprint density at radius 1 is 1.38 bits per heavy atom. The molecule has 2 N–H and O–H groups in total. The van der Waals surface area contributed by atoms with Gasteiger partial charge in [-0.15, -0.1) is 0 Å².